The van der Waals surface area contributed by atoms with Gasteiger partial charge in [0, 0.05) is 44.5 Å². The van der Waals surface area contributed by atoms with Gasteiger partial charge < -0.3 is 4.90 Å². The lowest BCUT2D eigenvalue weighted by Gasteiger charge is -2.35. The predicted octanol–water partition coefficient (Wildman–Crippen LogP) is 3.50. The lowest BCUT2D eigenvalue weighted by Crippen LogP contribution is -2.48. The highest BCUT2D eigenvalue weighted by Gasteiger charge is 2.23. The molecule has 150 valence electrons. The molecule has 0 atom stereocenters. The molecule has 0 radical (unpaired) electrons. The number of benzene rings is 2. The Morgan fingerprint density at radius 3 is 2.39 bits per heavy atom. The summed E-state index contributed by atoms with van der Waals surface area (Å²) in [7, 11) is -3.14. The van der Waals surface area contributed by atoms with E-state index in [-0.39, 0.29) is 11.7 Å². The van der Waals surface area contributed by atoms with Gasteiger partial charge >= 0.3 is 0 Å². The average Bonchev–Trinajstić information content (AvgIpc) is 2.64. The van der Waals surface area contributed by atoms with E-state index >= 15 is 0 Å². The summed E-state index contributed by atoms with van der Waals surface area (Å²) >= 11 is 12.3. The van der Waals surface area contributed by atoms with Gasteiger partial charge in [0.25, 0.3) is 5.91 Å². The topological polar surface area (TPSA) is 57.7 Å². The third kappa shape index (κ3) is 5.47. The number of hydrogen-bond acceptors (Lipinski definition) is 4. The van der Waals surface area contributed by atoms with Crippen LogP contribution in [0.2, 0.25) is 10.0 Å². The maximum absolute atomic E-state index is 12.8. The van der Waals surface area contributed by atoms with E-state index in [1.54, 1.807) is 35.2 Å². The predicted molar refractivity (Wildman–Crippen MR) is 113 cm³/mol. The Balaban J connectivity index is 1.61. The van der Waals surface area contributed by atoms with Gasteiger partial charge in [-0.3, -0.25) is 9.69 Å². The van der Waals surface area contributed by atoms with Gasteiger partial charge in [0.15, 0.2) is 9.84 Å². The molecule has 2 aromatic rings. The van der Waals surface area contributed by atoms with E-state index in [9.17, 15) is 13.2 Å². The van der Waals surface area contributed by atoms with Crippen LogP contribution in [0.25, 0.3) is 0 Å². The molecule has 2 aromatic carbocycles. The summed E-state index contributed by atoms with van der Waals surface area (Å²) in [5, 5.41) is 1.12. The second-order valence-electron chi connectivity index (χ2n) is 7.05. The molecular formula is C20H22Cl2N2O3S. The minimum absolute atomic E-state index is 0.0672. The number of piperazine rings is 1. The Bertz CT molecular complexity index is 971. The van der Waals surface area contributed by atoms with Crippen LogP contribution in [0.1, 0.15) is 21.5 Å². The van der Waals surface area contributed by atoms with Crippen LogP contribution in [0.3, 0.4) is 0 Å². The smallest absolute Gasteiger partial charge is 0.253 e. The van der Waals surface area contributed by atoms with Crippen LogP contribution >= 0.6 is 23.2 Å². The maximum Gasteiger partial charge on any atom is 0.253 e. The SMILES string of the molecule is CS(=O)(=O)Cc1cccc(C(=O)N2CCN(Cc3cccc(Cl)c3Cl)CC2)c1. The van der Waals surface area contributed by atoms with E-state index in [2.05, 4.69) is 4.90 Å². The highest BCUT2D eigenvalue weighted by molar-refractivity contribution is 7.89. The number of carbonyl (C=O) groups is 1. The number of carbonyl (C=O) groups excluding carboxylic acids is 1. The van der Waals surface area contributed by atoms with Crippen molar-refractivity contribution in [3.63, 3.8) is 0 Å². The van der Waals surface area contributed by atoms with Crippen LogP contribution in [0.15, 0.2) is 42.5 Å². The Morgan fingerprint density at radius 1 is 1.04 bits per heavy atom. The Labute approximate surface area is 175 Å². The molecule has 0 spiro atoms. The molecule has 0 aliphatic carbocycles. The van der Waals surface area contributed by atoms with Crippen LogP contribution in [0, 0.1) is 0 Å². The molecule has 0 saturated carbocycles. The van der Waals surface area contributed by atoms with E-state index < -0.39 is 9.84 Å². The second kappa shape index (κ2) is 8.82. The Hall–Kier alpha value is -1.60. The maximum atomic E-state index is 12.8. The molecular weight excluding hydrogens is 419 g/mol. The first-order valence-corrected chi connectivity index (χ1v) is 11.8. The second-order valence-corrected chi connectivity index (χ2v) is 9.98. The summed E-state index contributed by atoms with van der Waals surface area (Å²) < 4.78 is 23.0. The van der Waals surface area contributed by atoms with Crippen molar-refractivity contribution in [1.29, 1.82) is 0 Å². The molecule has 1 heterocycles. The molecule has 5 nitrogen and oxygen atoms in total. The van der Waals surface area contributed by atoms with Gasteiger partial charge in [0.05, 0.1) is 15.8 Å². The highest BCUT2D eigenvalue weighted by Crippen LogP contribution is 2.26. The highest BCUT2D eigenvalue weighted by atomic mass is 35.5. The average molecular weight is 441 g/mol. The summed E-state index contributed by atoms with van der Waals surface area (Å²) in [6.07, 6.45) is 1.19. The van der Waals surface area contributed by atoms with Crippen LogP contribution in [-0.2, 0) is 22.1 Å². The van der Waals surface area contributed by atoms with Gasteiger partial charge in [-0.15, -0.1) is 0 Å². The van der Waals surface area contributed by atoms with E-state index in [1.807, 2.05) is 12.1 Å². The summed E-state index contributed by atoms with van der Waals surface area (Å²) in [6, 6.07) is 12.5. The molecule has 0 bridgehead atoms. The number of halogens is 2. The molecule has 0 N–H and O–H groups in total. The minimum Gasteiger partial charge on any atom is -0.336 e. The van der Waals surface area contributed by atoms with E-state index in [4.69, 9.17) is 23.2 Å². The van der Waals surface area contributed by atoms with E-state index in [1.165, 1.54) is 6.26 Å². The molecule has 1 fully saturated rings. The van der Waals surface area contributed by atoms with Crippen LogP contribution in [0.5, 0.6) is 0 Å². The summed E-state index contributed by atoms with van der Waals surface area (Å²) in [5.74, 6) is -0.141. The Morgan fingerprint density at radius 2 is 1.71 bits per heavy atom. The fourth-order valence-electron chi connectivity index (χ4n) is 3.30. The first-order valence-electron chi connectivity index (χ1n) is 8.94. The third-order valence-electron chi connectivity index (χ3n) is 4.69. The van der Waals surface area contributed by atoms with Crippen molar-refractivity contribution in [3.05, 3.63) is 69.2 Å². The van der Waals surface area contributed by atoms with Crippen molar-refractivity contribution in [3.8, 4) is 0 Å². The minimum atomic E-state index is -3.14. The third-order valence-corrected chi connectivity index (χ3v) is 6.40. The van der Waals surface area contributed by atoms with Crippen molar-refractivity contribution >= 4 is 38.9 Å². The first kappa shape index (κ1) is 21.1. The largest absolute Gasteiger partial charge is 0.336 e. The lowest BCUT2D eigenvalue weighted by molar-refractivity contribution is 0.0628. The van der Waals surface area contributed by atoms with Crippen molar-refractivity contribution < 1.29 is 13.2 Å². The number of sulfone groups is 1. The quantitative estimate of drug-likeness (QED) is 0.713. The van der Waals surface area contributed by atoms with Gasteiger partial charge in [-0.25, -0.2) is 8.42 Å². The molecule has 1 aliphatic heterocycles. The number of nitrogens with zero attached hydrogens (tertiary/aromatic N) is 2. The molecule has 0 unspecified atom stereocenters. The van der Waals surface area contributed by atoms with Crippen molar-refractivity contribution in [1.82, 2.24) is 9.80 Å². The molecule has 1 amide bonds. The van der Waals surface area contributed by atoms with Crippen molar-refractivity contribution in [2.45, 2.75) is 12.3 Å². The van der Waals surface area contributed by atoms with Crippen molar-refractivity contribution in [2.75, 3.05) is 32.4 Å². The molecule has 28 heavy (non-hydrogen) atoms. The number of amides is 1. The van der Waals surface area contributed by atoms with Crippen LogP contribution in [0.4, 0.5) is 0 Å². The van der Waals surface area contributed by atoms with Gasteiger partial charge in [-0.2, -0.15) is 0 Å². The zero-order chi connectivity index (χ0) is 20.3. The zero-order valence-corrected chi connectivity index (χ0v) is 17.9. The lowest BCUT2D eigenvalue weighted by atomic mass is 10.1. The normalized spacial score (nSPS) is 15.6. The monoisotopic (exact) mass is 440 g/mol. The van der Waals surface area contributed by atoms with Crippen LogP contribution in [-0.4, -0.2) is 56.6 Å². The van der Waals surface area contributed by atoms with Gasteiger partial charge in [-0.1, -0.05) is 47.5 Å². The van der Waals surface area contributed by atoms with E-state index in [0.717, 1.165) is 18.7 Å². The number of hydrogen-bond donors (Lipinski definition) is 0. The summed E-state index contributed by atoms with van der Waals surface area (Å²) in [6.45, 7) is 3.36. The fraction of sp³-hybridized carbons (Fsp3) is 0.350. The molecule has 1 saturated heterocycles. The van der Waals surface area contributed by atoms with E-state index in [0.29, 0.717) is 40.8 Å². The van der Waals surface area contributed by atoms with Gasteiger partial charge in [0.2, 0.25) is 0 Å². The fourth-order valence-corrected chi connectivity index (χ4v) is 4.46. The van der Waals surface area contributed by atoms with Crippen LogP contribution < -0.4 is 0 Å². The van der Waals surface area contributed by atoms with Gasteiger partial charge in [-0.05, 0) is 29.3 Å². The zero-order valence-electron chi connectivity index (χ0n) is 15.6. The van der Waals surface area contributed by atoms with Gasteiger partial charge in [0.1, 0.15) is 0 Å². The summed E-state index contributed by atoms with van der Waals surface area (Å²) in [4.78, 5) is 16.8. The summed E-state index contributed by atoms with van der Waals surface area (Å²) in [5.41, 5.74) is 2.12. The standard InChI is InChI=1S/C20H22Cl2N2O3S/c1-28(26,27)14-15-4-2-5-16(12-15)20(25)24-10-8-23(9-11-24)13-17-6-3-7-18(21)19(17)22/h2-7,12H,8-11,13-14H2,1H3. The molecule has 3 rings (SSSR count). The molecule has 0 aromatic heterocycles. The molecule has 1 aliphatic rings. The van der Waals surface area contributed by atoms with Crippen molar-refractivity contribution in [2.24, 2.45) is 0 Å². The first-order chi connectivity index (χ1) is 13.2. The number of rotatable bonds is 5. The molecule has 8 heteroatoms. The Kier molecular flexibility index (Phi) is 6.65.